The molecule has 0 aliphatic carbocycles. The van der Waals surface area contributed by atoms with Crippen molar-refractivity contribution in [3.05, 3.63) is 17.5 Å². The van der Waals surface area contributed by atoms with E-state index < -0.39 is 0 Å². The molecule has 1 fully saturated rings. The molecule has 10 heteroatoms. The van der Waals surface area contributed by atoms with Gasteiger partial charge in [0, 0.05) is 43.8 Å². The molecule has 3 heterocycles. The first-order chi connectivity index (χ1) is 13.1. The van der Waals surface area contributed by atoms with Crippen molar-refractivity contribution in [3.63, 3.8) is 0 Å². The molecule has 1 saturated heterocycles. The van der Waals surface area contributed by atoms with Gasteiger partial charge in [0.15, 0.2) is 0 Å². The van der Waals surface area contributed by atoms with E-state index >= 15 is 0 Å². The molecule has 3 rings (SSSR count). The molecule has 0 aromatic carbocycles. The Balaban J connectivity index is 2.06. The van der Waals surface area contributed by atoms with Crippen molar-refractivity contribution >= 4 is 23.9 Å². The summed E-state index contributed by atoms with van der Waals surface area (Å²) in [5, 5.41) is 23.4. The Hall–Kier alpha value is -2.85. The van der Waals surface area contributed by atoms with E-state index in [1.165, 1.54) is 6.21 Å². The van der Waals surface area contributed by atoms with Gasteiger partial charge in [0.2, 0.25) is 11.9 Å². The number of nitrogens with one attached hydrogen (secondary N) is 3. The first kappa shape index (κ1) is 18.9. The number of aliphatic hydroxyl groups is 1. The summed E-state index contributed by atoms with van der Waals surface area (Å²) in [5.74, 6) is 1.09. The second kappa shape index (κ2) is 8.69. The Morgan fingerprint density at radius 2 is 2.11 bits per heavy atom. The molecule has 0 atom stereocenters. The summed E-state index contributed by atoms with van der Waals surface area (Å²) in [6, 6.07) is 0.203. The molecule has 144 valence electrons. The van der Waals surface area contributed by atoms with Crippen LogP contribution in [0.15, 0.2) is 6.20 Å². The third kappa shape index (κ3) is 4.47. The van der Waals surface area contributed by atoms with Crippen molar-refractivity contribution in [2.75, 3.05) is 42.7 Å². The van der Waals surface area contributed by atoms with Crippen molar-refractivity contribution in [3.8, 4) is 11.3 Å². The lowest BCUT2D eigenvalue weighted by Gasteiger charge is -2.25. The summed E-state index contributed by atoms with van der Waals surface area (Å²) < 4.78 is 5.40. The first-order valence-corrected chi connectivity index (χ1v) is 8.83. The Morgan fingerprint density at radius 3 is 2.78 bits per heavy atom. The van der Waals surface area contributed by atoms with Crippen LogP contribution < -0.4 is 16.4 Å². The number of aliphatic hydroxyl groups excluding tert-OH is 1. The molecule has 0 radical (unpaired) electrons. The second-order valence-corrected chi connectivity index (χ2v) is 6.21. The van der Waals surface area contributed by atoms with Crippen LogP contribution in [0.5, 0.6) is 0 Å². The normalized spacial score (nSPS) is 14.7. The van der Waals surface area contributed by atoms with Crippen LogP contribution in [0.1, 0.15) is 24.1 Å². The highest BCUT2D eigenvalue weighted by Crippen LogP contribution is 2.29. The number of nitrogens with zero attached hydrogens (tertiary/aromatic N) is 4. The molecular formula is C17H24N8O2. The smallest absolute Gasteiger partial charge is 0.225 e. The van der Waals surface area contributed by atoms with Crippen molar-refractivity contribution in [2.24, 2.45) is 0 Å². The van der Waals surface area contributed by atoms with Gasteiger partial charge in [-0.15, -0.1) is 0 Å². The van der Waals surface area contributed by atoms with E-state index in [4.69, 9.17) is 21.0 Å². The van der Waals surface area contributed by atoms with Gasteiger partial charge in [-0.1, -0.05) is 0 Å². The molecule has 0 saturated carbocycles. The molecular weight excluding hydrogens is 348 g/mol. The number of nitrogen functional groups attached to an aromatic ring is 1. The van der Waals surface area contributed by atoms with Crippen molar-refractivity contribution in [1.82, 2.24) is 19.9 Å². The molecule has 2 aromatic rings. The largest absolute Gasteiger partial charge is 0.395 e. The van der Waals surface area contributed by atoms with E-state index in [1.807, 2.05) is 6.92 Å². The average molecular weight is 372 g/mol. The molecule has 27 heavy (non-hydrogen) atoms. The van der Waals surface area contributed by atoms with Crippen LogP contribution in [-0.2, 0) is 4.74 Å². The number of rotatable bonds is 7. The number of hydrogen-bond donors (Lipinski definition) is 5. The number of hydrogen-bond acceptors (Lipinski definition) is 10. The van der Waals surface area contributed by atoms with E-state index in [9.17, 15) is 0 Å². The van der Waals surface area contributed by atoms with Crippen molar-refractivity contribution < 1.29 is 9.84 Å². The second-order valence-electron chi connectivity index (χ2n) is 6.21. The fourth-order valence-electron chi connectivity index (χ4n) is 2.92. The lowest BCUT2D eigenvalue weighted by atomic mass is 10.1. The Morgan fingerprint density at radius 1 is 1.33 bits per heavy atom. The lowest BCUT2D eigenvalue weighted by Crippen LogP contribution is -2.29. The van der Waals surface area contributed by atoms with E-state index in [0.29, 0.717) is 54.0 Å². The zero-order valence-corrected chi connectivity index (χ0v) is 15.2. The van der Waals surface area contributed by atoms with Crippen LogP contribution in [-0.4, -0.2) is 63.7 Å². The van der Waals surface area contributed by atoms with E-state index in [2.05, 4.69) is 30.6 Å². The van der Waals surface area contributed by atoms with Crippen LogP contribution in [0.2, 0.25) is 0 Å². The summed E-state index contributed by atoms with van der Waals surface area (Å²) in [6.45, 7) is 3.47. The number of anilines is 3. The lowest BCUT2D eigenvalue weighted by molar-refractivity contribution is 0.0904. The standard InChI is InChI=1S/C17H24N8O2/c1-10-13(9-21-16(19)22-10)14-12(8-18)15(23-11-2-6-27-7-3-11)25-17(24-14)20-4-5-26/h8-9,11,18,26H,2-7H2,1H3,(H2,19,21,22)(H2,20,23,24,25). The van der Waals surface area contributed by atoms with Crippen LogP contribution >= 0.6 is 0 Å². The molecule has 2 aromatic heterocycles. The molecule has 0 amide bonds. The SMILES string of the molecule is Cc1nc(N)ncc1-c1nc(NCCO)nc(NC2CCOCC2)c1C=N. The van der Waals surface area contributed by atoms with E-state index in [1.54, 1.807) is 6.20 Å². The van der Waals surface area contributed by atoms with Gasteiger partial charge in [-0.2, -0.15) is 4.98 Å². The topological polar surface area (TPSA) is 155 Å². The highest BCUT2D eigenvalue weighted by molar-refractivity contribution is 5.93. The van der Waals surface area contributed by atoms with Crippen molar-refractivity contribution in [2.45, 2.75) is 25.8 Å². The van der Waals surface area contributed by atoms with Gasteiger partial charge < -0.3 is 31.6 Å². The van der Waals surface area contributed by atoms with Gasteiger partial charge >= 0.3 is 0 Å². The number of aromatic nitrogens is 4. The molecule has 0 bridgehead atoms. The highest BCUT2D eigenvalue weighted by atomic mass is 16.5. The molecule has 1 aliphatic heterocycles. The minimum atomic E-state index is -0.0439. The highest BCUT2D eigenvalue weighted by Gasteiger charge is 2.21. The van der Waals surface area contributed by atoms with Crippen molar-refractivity contribution in [1.29, 1.82) is 5.41 Å². The predicted molar refractivity (Wildman–Crippen MR) is 103 cm³/mol. The summed E-state index contributed by atoms with van der Waals surface area (Å²) in [6.07, 6.45) is 4.55. The monoisotopic (exact) mass is 372 g/mol. The van der Waals surface area contributed by atoms with Gasteiger partial charge in [-0.25, -0.2) is 15.0 Å². The maximum atomic E-state index is 9.10. The fourth-order valence-corrected chi connectivity index (χ4v) is 2.92. The molecule has 0 unspecified atom stereocenters. The molecule has 1 aliphatic rings. The maximum Gasteiger partial charge on any atom is 0.225 e. The fraction of sp³-hybridized carbons (Fsp3) is 0.471. The third-order valence-electron chi connectivity index (χ3n) is 4.30. The Kier molecular flexibility index (Phi) is 6.09. The Bertz CT molecular complexity index is 808. The molecule has 0 spiro atoms. The Labute approximate surface area is 157 Å². The van der Waals surface area contributed by atoms with Gasteiger partial charge in [0.05, 0.1) is 23.6 Å². The molecule has 10 nitrogen and oxygen atoms in total. The minimum absolute atomic E-state index is 0.0439. The maximum absolute atomic E-state index is 9.10. The number of ether oxygens (including phenoxy) is 1. The van der Waals surface area contributed by atoms with E-state index in [-0.39, 0.29) is 18.6 Å². The minimum Gasteiger partial charge on any atom is -0.395 e. The van der Waals surface area contributed by atoms with Gasteiger partial charge in [-0.3, -0.25) is 0 Å². The quantitative estimate of drug-likeness (QED) is 0.444. The molecule has 6 N–H and O–H groups in total. The zero-order valence-electron chi connectivity index (χ0n) is 15.2. The van der Waals surface area contributed by atoms with Gasteiger partial charge in [0.25, 0.3) is 0 Å². The average Bonchev–Trinajstić information content (AvgIpc) is 2.67. The van der Waals surface area contributed by atoms with Gasteiger partial charge in [0.1, 0.15) is 5.82 Å². The van der Waals surface area contributed by atoms with Crippen LogP contribution in [0.25, 0.3) is 11.3 Å². The van der Waals surface area contributed by atoms with Gasteiger partial charge in [-0.05, 0) is 19.8 Å². The third-order valence-corrected chi connectivity index (χ3v) is 4.30. The summed E-state index contributed by atoms with van der Waals surface area (Å²) in [7, 11) is 0. The zero-order chi connectivity index (χ0) is 19.2. The number of nitrogens with two attached hydrogens (primary N) is 1. The van der Waals surface area contributed by atoms with Crippen LogP contribution in [0, 0.1) is 12.3 Å². The van der Waals surface area contributed by atoms with Crippen LogP contribution in [0.4, 0.5) is 17.7 Å². The first-order valence-electron chi connectivity index (χ1n) is 8.83. The predicted octanol–water partition coefficient (Wildman–Crippen LogP) is 0.817. The summed E-state index contributed by atoms with van der Waals surface area (Å²) in [4.78, 5) is 17.3. The number of aryl methyl sites for hydroxylation is 1. The van der Waals surface area contributed by atoms with Crippen LogP contribution in [0.3, 0.4) is 0 Å². The summed E-state index contributed by atoms with van der Waals surface area (Å²) in [5.41, 5.74) is 8.08. The van der Waals surface area contributed by atoms with E-state index in [0.717, 1.165) is 12.8 Å². The summed E-state index contributed by atoms with van der Waals surface area (Å²) >= 11 is 0.